The van der Waals surface area contributed by atoms with Crippen LogP contribution >= 0.6 is 23.2 Å². The average Bonchev–Trinajstić information content (AvgIpc) is 2.32. The maximum Gasteiger partial charge on any atom is 0.231 e. The van der Waals surface area contributed by atoms with Crippen LogP contribution in [0.1, 0.15) is 25.3 Å². The van der Waals surface area contributed by atoms with Gasteiger partial charge in [0.05, 0.1) is 28.1 Å². The molecule has 0 unspecified atom stereocenters. The lowest BCUT2D eigenvalue weighted by Gasteiger charge is -2.12. The molecule has 0 fully saturated rings. The van der Waals surface area contributed by atoms with Crippen molar-refractivity contribution in [1.29, 1.82) is 0 Å². The van der Waals surface area contributed by atoms with E-state index in [9.17, 15) is 4.39 Å². The van der Waals surface area contributed by atoms with E-state index in [4.69, 9.17) is 23.2 Å². The summed E-state index contributed by atoms with van der Waals surface area (Å²) in [5, 5.41) is 0.859. The molecule has 0 aliphatic rings. The molecule has 2 rings (SSSR count). The van der Waals surface area contributed by atoms with Gasteiger partial charge in [-0.15, -0.1) is 0 Å². The molecule has 0 amide bonds. The monoisotopic (exact) mass is 284 g/mol. The molecule has 0 spiro atoms. The van der Waals surface area contributed by atoms with E-state index in [1.807, 2.05) is 19.9 Å². The molecule has 0 aliphatic carbocycles. The summed E-state index contributed by atoms with van der Waals surface area (Å²) in [6, 6.07) is 3.66. The van der Waals surface area contributed by atoms with Crippen LogP contribution in [-0.2, 0) is 0 Å². The van der Waals surface area contributed by atoms with Gasteiger partial charge in [-0.25, -0.2) is 4.98 Å². The third-order valence-corrected chi connectivity index (χ3v) is 3.51. The SMILES string of the molecule is CC(C)c1ccc(-c2cncc(F)n2)c(Cl)c1Cl. The molecular weight excluding hydrogens is 274 g/mol. The largest absolute Gasteiger partial charge is 0.258 e. The minimum absolute atomic E-state index is 0.266. The van der Waals surface area contributed by atoms with Crippen LogP contribution in [0.5, 0.6) is 0 Å². The summed E-state index contributed by atoms with van der Waals surface area (Å²) in [5.41, 5.74) is 1.91. The Morgan fingerprint density at radius 1 is 1.11 bits per heavy atom. The molecule has 94 valence electrons. The van der Waals surface area contributed by atoms with Crippen LogP contribution in [0.4, 0.5) is 4.39 Å². The Morgan fingerprint density at radius 2 is 1.83 bits per heavy atom. The van der Waals surface area contributed by atoms with Crippen LogP contribution in [0.3, 0.4) is 0 Å². The standard InChI is InChI=1S/C13H11Cl2FN2/c1-7(2)8-3-4-9(13(15)12(8)14)10-5-17-6-11(16)18-10/h3-7H,1-2H3. The zero-order valence-electron chi connectivity index (χ0n) is 9.92. The second kappa shape index (κ2) is 5.21. The van der Waals surface area contributed by atoms with Gasteiger partial charge >= 0.3 is 0 Å². The topological polar surface area (TPSA) is 25.8 Å². The van der Waals surface area contributed by atoms with Gasteiger partial charge in [0, 0.05) is 5.56 Å². The summed E-state index contributed by atoms with van der Waals surface area (Å²) < 4.78 is 13.0. The third-order valence-electron chi connectivity index (χ3n) is 2.62. The van der Waals surface area contributed by atoms with Gasteiger partial charge < -0.3 is 0 Å². The Hall–Kier alpha value is -1.19. The molecule has 0 N–H and O–H groups in total. The Kier molecular flexibility index (Phi) is 3.83. The quantitative estimate of drug-likeness (QED) is 0.798. The summed E-state index contributed by atoms with van der Waals surface area (Å²) in [7, 11) is 0. The van der Waals surface area contributed by atoms with E-state index in [0.717, 1.165) is 11.8 Å². The van der Waals surface area contributed by atoms with Crippen molar-refractivity contribution in [3.8, 4) is 11.3 Å². The maximum absolute atomic E-state index is 13.0. The normalized spacial score (nSPS) is 11.0. The fraction of sp³-hybridized carbons (Fsp3) is 0.231. The van der Waals surface area contributed by atoms with Crippen molar-refractivity contribution in [3.63, 3.8) is 0 Å². The van der Waals surface area contributed by atoms with Crippen molar-refractivity contribution < 1.29 is 4.39 Å². The lowest BCUT2D eigenvalue weighted by Crippen LogP contribution is -1.94. The highest BCUT2D eigenvalue weighted by molar-refractivity contribution is 6.44. The highest BCUT2D eigenvalue weighted by atomic mass is 35.5. The second-order valence-corrected chi connectivity index (χ2v) is 4.97. The van der Waals surface area contributed by atoms with Crippen LogP contribution in [0.2, 0.25) is 10.0 Å². The smallest absolute Gasteiger partial charge is 0.231 e. The first-order chi connectivity index (χ1) is 8.50. The highest BCUT2D eigenvalue weighted by Crippen LogP contribution is 2.37. The molecule has 5 heteroatoms. The van der Waals surface area contributed by atoms with E-state index in [1.54, 1.807) is 6.07 Å². The minimum Gasteiger partial charge on any atom is -0.258 e. The zero-order valence-corrected chi connectivity index (χ0v) is 11.4. The van der Waals surface area contributed by atoms with Crippen molar-refractivity contribution in [3.05, 3.63) is 46.1 Å². The van der Waals surface area contributed by atoms with Crippen LogP contribution in [0, 0.1) is 5.95 Å². The number of benzene rings is 1. The molecule has 1 heterocycles. The summed E-state index contributed by atoms with van der Waals surface area (Å²) in [5.74, 6) is -0.379. The first-order valence-corrected chi connectivity index (χ1v) is 6.22. The number of hydrogen-bond donors (Lipinski definition) is 0. The van der Waals surface area contributed by atoms with Gasteiger partial charge in [0.15, 0.2) is 0 Å². The number of rotatable bonds is 2. The number of hydrogen-bond acceptors (Lipinski definition) is 2. The molecule has 1 aromatic carbocycles. The number of aromatic nitrogens is 2. The molecule has 0 saturated carbocycles. The Bertz CT molecular complexity index is 585. The zero-order chi connectivity index (χ0) is 13.3. The van der Waals surface area contributed by atoms with Crippen LogP contribution in [0.15, 0.2) is 24.5 Å². The molecule has 1 aromatic heterocycles. The van der Waals surface area contributed by atoms with E-state index in [1.165, 1.54) is 6.20 Å². The van der Waals surface area contributed by atoms with E-state index in [-0.39, 0.29) is 5.92 Å². The van der Waals surface area contributed by atoms with E-state index in [0.29, 0.717) is 21.3 Å². The first kappa shape index (κ1) is 13.2. The summed E-state index contributed by atoms with van der Waals surface area (Å²) in [6.07, 6.45) is 2.50. The van der Waals surface area contributed by atoms with E-state index < -0.39 is 5.95 Å². The van der Waals surface area contributed by atoms with Crippen molar-refractivity contribution >= 4 is 23.2 Å². The van der Waals surface area contributed by atoms with Crippen LogP contribution < -0.4 is 0 Å². The van der Waals surface area contributed by atoms with Crippen molar-refractivity contribution in [2.45, 2.75) is 19.8 Å². The van der Waals surface area contributed by atoms with Gasteiger partial charge in [-0.1, -0.05) is 49.2 Å². The summed E-state index contributed by atoms with van der Waals surface area (Å²) in [4.78, 5) is 7.50. The van der Waals surface area contributed by atoms with Crippen molar-refractivity contribution in [1.82, 2.24) is 9.97 Å². The molecule has 2 nitrogen and oxygen atoms in total. The molecule has 0 aliphatic heterocycles. The number of nitrogens with zero attached hydrogens (tertiary/aromatic N) is 2. The first-order valence-electron chi connectivity index (χ1n) is 5.46. The van der Waals surface area contributed by atoms with Gasteiger partial charge in [0.1, 0.15) is 0 Å². The highest BCUT2D eigenvalue weighted by Gasteiger charge is 2.14. The van der Waals surface area contributed by atoms with Gasteiger partial charge in [-0.05, 0) is 11.5 Å². The lowest BCUT2D eigenvalue weighted by molar-refractivity contribution is 0.578. The van der Waals surface area contributed by atoms with Crippen LogP contribution in [-0.4, -0.2) is 9.97 Å². The molecule has 18 heavy (non-hydrogen) atoms. The summed E-state index contributed by atoms with van der Waals surface area (Å²) in [6.45, 7) is 4.05. The van der Waals surface area contributed by atoms with Crippen LogP contribution in [0.25, 0.3) is 11.3 Å². The predicted molar refractivity (Wildman–Crippen MR) is 71.5 cm³/mol. The fourth-order valence-electron chi connectivity index (χ4n) is 1.68. The molecule has 0 bridgehead atoms. The fourth-order valence-corrected chi connectivity index (χ4v) is 2.33. The Balaban J connectivity index is 2.57. The number of halogens is 3. The third kappa shape index (κ3) is 2.47. The molecule has 0 radical (unpaired) electrons. The van der Waals surface area contributed by atoms with Crippen molar-refractivity contribution in [2.24, 2.45) is 0 Å². The predicted octanol–water partition coefficient (Wildman–Crippen LogP) is 4.71. The van der Waals surface area contributed by atoms with E-state index in [2.05, 4.69) is 9.97 Å². The average molecular weight is 285 g/mol. The van der Waals surface area contributed by atoms with Gasteiger partial charge in [-0.2, -0.15) is 4.39 Å². The minimum atomic E-state index is -0.646. The van der Waals surface area contributed by atoms with Gasteiger partial charge in [0.25, 0.3) is 0 Å². The molecule has 2 aromatic rings. The molecule has 0 atom stereocenters. The maximum atomic E-state index is 13.0. The molecule has 0 saturated heterocycles. The second-order valence-electron chi connectivity index (χ2n) is 4.21. The Labute approximate surface area is 115 Å². The summed E-state index contributed by atoms with van der Waals surface area (Å²) >= 11 is 12.4. The lowest BCUT2D eigenvalue weighted by atomic mass is 10.0. The Morgan fingerprint density at radius 3 is 2.44 bits per heavy atom. The van der Waals surface area contributed by atoms with E-state index >= 15 is 0 Å². The van der Waals surface area contributed by atoms with Gasteiger partial charge in [-0.3, -0.25) is 4.98 Å². The van der Waals surface area contributed by atoms with Gasteiger partial charge in [0.2, 0.25) is 5.95 Å². The van der Waals surface area contributed by atoms with Crippen molar-refractivity contribution in [2.75, 3.05) is 0 Å². The molecular formula is C13H11Cl2FN2.